The number of benzene rings is 3. The zero-order chi connectivity index (χ0) is 26.4. The molecule has 0 saturated carbocycles. The molecule has 1 aliphatic rings. The SMILES string of the molecule is [C-]#[N+]C1=C(SCc2ccc([N+]#[C-])cc2)NC(C)=C(C(=O)Nc2ccccc2OC)C1c1ccccc1Cl. The van der Waals surface area contributed by atoms with Gasteiger partial charge in [-0.1, -0.05) is 66.2 Å². The third-order valence-electron chi connectivity index (χ3n) is 5.88. The summed E-state index contributed by atoms with van der Waals surface area (Å²) in [5.41, 5.74) is 4.25. The Hall–Kier alpha value is -4.17. The van der Waals surface area contributed by atoms with Crippen LogP contribution in [0.4, 0.5) is 11.4 Å². The van der Waals surface area contributed by atoms with Gasteiger partial charge in [-0.05, 0) is 36.2 Å². The Kier molecular flexibility index (Phi) is 8.20. The van der Waals surface area contributed by atoms with Gasteiger partial charge in [0, 0.05) is 22.0 Å². The van der Waals surface area contributed by atoms with Gasteiger partial charge in [0.1, 0.15) is 5.75 Å². The van der Waals surface area contributed by atoms with Gasteiger partial charge in [0.15, 0.2) is 5.69 Å². The van der Waals surface area contributed by atoms with Crippen LogP contribution in [0.3, 0.4) is 0 Å². The maximum absolute atomic E-state index is 13.7. The zero-order valence-electron chi connectivity index (χ0n) is 20.2. The van der Waals surface area contributed by atoms with Crippen molar-refractivity contribution < 1.29 is 9.53 Å². The van der Waals surface area contributed by atoms with Crippen molar-refractivity contribution in [2.75, 3.05) is 12.4 Å². The van der Waals surface area contributed by atoms with Crippen LogP contribution in [0.15, 0.2) is 94.8 Å². The molecule has 4 rings (SSSR count). The molecule has 8 heteroatoms. The number of carbonyl (C=O) groups excluding carboxylic acids is 1. The highest BCUT2D eigenvalue weighted by Gasteiger charge is 2.36. The van der Waals surface area contributed by atoms with E-state index in [9.17, 15) is 4.79 Å². The van der Waals surface area contributed by atoms with Crippen molar-refractivity contribution in [2.45, 2.75) is 18.6 Å². The van der Waals surface area contributed by atoms with Gasteiger partial charge in [-0.15, -0.1) is 11.8 Å². The molecule has 0 bridgehead atoms. The van der Waals surface area contributed by atoms with E-state index >= 15 is 0 Å². The molecule has 0 aromatic heterocycles. The summed E-state index contributed by atoms with van der Waals surface area (Å²) in [6.45, 7) is 17.0. The predicted octanol–water partition coefficient (Wildman–Crippen LogP) is 7.52. The van der Waals surface area contributed by atoms with E-state index in [1.54, 1.807) is 37.4 Å². The van der Waals surface area contributed by atoms with Crippen LogP contribution in [-0.4, -0.2) is 13.0 Å². The van der Waals surface area contributed by atoms with Crippen molar-refractivity contribution in [3.63, 3.8) is 0 Å². The average molecular weight is 527 g/mol. The van der Waals surface area contributed by atoms with Crippen molar-refractivity contribution in [1.82, 2.24) is 5.32 Å². The lowest BCUT2D eigenvalue weighted by molar-refractivity contribution is -0.113. The Bertz CT molecular complexity index is 1480. The maximum Gasteiger partial charge on any atom is 0.253 e. The van der Waals surface area contributed by atoms with Gasteiger partial charge in [-0.3, -0.25) is 4.79 Å². The van der Waals surface area contributed by atoms with Crippen LogP contribution >= 0.6 is 23.4 Å². The largest absolute Gasteiger partial charge is 0.495 e. The van der Waals surface area contributed by atoms with E-state index < -0.39 is 5.92 Å². The molecule has 0 spiro atoms. The Morgan fingerprint density at radius 3 is 2.43 bits per heavy atom. The Labute approximate surface area is 225 Å². The Morgan fingerprint density at radius 1 is 1.05 bits per heavy atom. The topological polar surface area (TPSA) is 59.1 Å². The summed E-state index contributed by atoms with van der Waals surface area (Å²) in [6, 6.07) is 21.8. The number of ether oxygens (including phenoxy) is 1. The molecule has 0 radical (unpaired) electrons. The van der Waals surface area contributed by atoms with E-state index in [2.05, 4.69) is 20.3 Å². The highest BCUT2D eigenvalue weighted by Crippen LogP contribution is 2.44. The average Bonchev–Trinajstić information content (AvgIpc) is 2.92. The van der Waals surface area contributed by atoms with E-state index in [0.717, 1.165) is 5.56 Å². The number of halogens is 1. The fourth-order valence-electron chi connectivity index (χ4n) is 4.08. The first-order chi connectivity index (χ1) is 18.0. The molecule has 37 heavy (non-hydrogen) atoms. The summed E-state index contributed by atoms with van der Waals surface area (Å²) < 4.78 is 5.39. The van der Waals surface area contributed by atoms with Crippen LogP contribution in [0, 0.1) is 13.1 Å². The molecule has 1 unspecified atom stereocenters. The summed E-state index contributed by atoms with van der Waals surface area (Å²) in [6.07, 6.45) is 0. The van der Waals surface area contributed by atoms with E-state index in [1.807, 2.05) is 49.4 Å². The zero-order valence-corrected chi connectivity index (χ0v) is 21.8. The van der Waals surface area contributed by atoms with Crippen molar-refractivity contribution >= 4 is 40.6 Å². The maximum atomic E-state index is 13.7. The third kappa shape index (κ3) is 5.65. The summed E-state index contributed by atoms with van der Waals surface area (Å²) in [5, 5.41) is 7.39. The molecule has 184 valence electrons. The van der Waals surface area contributed by atoms with Gasteiger partial charge in [0.25, 0.3) is 5.91 Å². The molecular formula is C29H23ClN4O2S. The van der Waals surface area contributed by atoms with E-state index in [-0.39, 0.29) is 5.91 Å². The van der Waals surface area contributed by atoms with Gasteiger partial charge in [-0.2, -0.15) is 0 Å². The van der Waals surface area contributed by atoms with Crippen LogP contribution in [0.25, 0.3) is 9.69 Å². The molecule has 1 atom stereocenters. The number of hydrogen-bond acceptors (Lipinski definition) is 4. The van der Waals surface area contributed by atoms with Crippen LogP contribution in [-0.2, 0) is 10.5 Å². The number of para-hydroxylation sites is 2. The number of anilines is 1. The number of hydrogen-bond donors (Lipinski definition) is 2. The second-order valence-electron chi connectivity index (χ2n) is 8.17. The molecule has 6 nitrogen and oxygen atoms in total. The predicted molar refractivity (Wildman–Crippen MR) is 149 cm³/mol. The smallest absolute Gasteiger partial charge is 0.253 e. The standard InChI is InChI=1S/C29H23ClN4O2S/c1-18-25(28(35)34-23-11-7-8-12-24(23)36-4)26(21-9-5-6-10-22(21)30)27(32-3)29(33-18)37-17-19-13-15-20(31-2)16-14-19/h5-16,26,33H,17H2,1,4H3,(H,34,35). The molecular weight excluding hydrogens is 504 g/mol. The number of nitrogens with one attached hydrogen (secondary N) is 2. The summed E-state index contributed by atoms with van der Waals surface area (Å²) in [7, 11) is 1.54. The normalized spacial score (nSPS) is 14.9. The molecule has 1 heterocycles. The van der Waals surface area contributed by atoms with E-state index in [1.165, 1.54) is 11.8 Å². The minimum absolute atomic E-state index is 0.348. The van der Waals surface area contributed by atoms with Crippen LogP contribution in [0.5, 0.6) is 5.75 Å². The number of nitrogens with zero attached hydrogens (tertiary/aromatic N) is 2. The Balaban J connectivity index is 1.72. The molecule has 1 amide bonds. The second kappa shape index (κ2) is 11.7. The Morgan fingerprint density at radius 2 is 1.76 bits per heavy atom. The van der Waals surface area contributed by atoms with Gasteiger partial charge in [0.2, 0.25) is 5.70 Å². The molecule has 2 N–H and O–H groups in total. The minimum atomic E-state index is -0.658. The minimum Gasteiger partial charge on any atom is -0.495 e. The molecule has 0 aliphatic carbocycles. The monoisotopic (exact) mass is 526 g/mol. The number of dihydropyridines is 1. The number of methoxy groups -OCH3 is 1. The van der Waals surface area contributed by atoms with Crippen LogP contribution in [0.1, 0.15) is 24.0 Å². The van der Waals surface area contributed by atoms with Gasteiger partial charge in [0.05, 0.1) is 36.9 Å². The fourth-order valence-corrected chi connectivity index (χ4v) is 5.37. The quantitative estimate of drug-likeness (QED) is 0.312. The summed E-state index contributed by atoms with van der Waals surface area (Å²) in [4.78, 5) is 21.0. The number of rotatable bonds is 7. The third-order valence-corrected chi connectivity index (χ3v) is 7.31. The highest BCUT2D eigenvalue weighted by molar-refractivity contribution is 8.02. The van der Waals surface area contributed by atoms with E-state index in [0.29, 0.717) is 55.5 Å². The lowest BCUT2D eigenvalue weighted by Gasteiger charge is -2.30. The van der Waals surface area contributed by atoms with Gasteiger partial charge >= 0.3 is 0 Å². The number of allylic oxidation sites excluding steroid dienone is 2. The second-order valence-corrected chi connectivity index (χ2v) is 9.56. The molecule has 3 aromatic rings. The van der Waals surface area contributed by atoms with Crippen molar-refractivity contribution in [2.24, 2.45) is 0 Å². The highest BCUT2D eigenvalue weighted by atomic mass is 35.5. The number of carbonyl (C=O) groups is 1. The lowest BCUT2D eigenvalue weighted by atomic mass is 9.85. The summed E-state index contributed by atoms with van der Waals surface area (Å²) >= 11 is 8.08. The van der Waals surface area contributed by atoms with Gasteiger partial charge in [-0.25, -0.2) is 9.69 Å². The van der Waals surface area contributed by atoms with Gasteiger partial charge < -0.3 is 15.4 Å². The molecule has 3 aromatic carbocycles. The van der Waals surface area contributed by atoms with Crippen LogP contribution < -0.4 is 15.4 Å². The molecule has 0 saturated heterocycles. The first-order valence-electron chi connectivity index (χ1n) is 11.3. The first-order valence-corrected chi connectivity index (χ1v) is 12.7. The van der Waals surface area contributed by atoms with E-state index in [4.69, 9.17) is 29.5 Å². The lowest BCUT2D eigenvalue weighted by Crippen LogP contribution is -2.30. The van der Waals surface area contributed by atoms with Crippen LogP contribution in [0.2, 0.25) is 5.02 Å². The van der Waals surface area contributed by atoms with Crippen molar-refractivity contribution in [3.05, 3.63) is 134 Å². The number of thioether (sulfide) groups is 1. The molecule has 1 aliphatic heterocycles. The van der Waals surface area contributed by atoms with Crippen molar-refractivity contribution in [3.8, 4) is 5.75 Å². The summed E-state index contributed by atoms with van der Waals surface area (Å²) in [5.74, 6) is 0.118. The molecule has 0 fully saturated rings. The van der Waals surface area contributed by atoms with Crippen molar-refractivity contribution in [1.29, 1.82) is 0 Å². The first kappa shape index (κ1) is 25.9. The number of amides is 1. The fraction of sp³-hybridized carbons (Fsp3) is 0.138.